The van der Waals surface area contributed by atoms with Crippen molar-refractivity contribution in [2.45, 2.75) is 52.9 Å². The average molecular weight is 203 g/mol. The minimum Gasteiger partial charge on any atom is -0.103 e. The van der Waals surface area contributed by atoms with E-state index < -0.39 is 0 Å². The van der Waals surface area contributed by atoms with Crippen molar-refractivity contribution in [1.29, 1.82) is 0 Å². The quantitative estimate of drug-likeness (QED) is 0.574. The van der Waals surface area contributed by atoms with Crippen LogP contribution in [0.1, 0.15) is 52.9 Å². The lowest BCUT2D eigenvalue weighted by Crippen LogP contribution is -2.16. The molecule has 0 aromatic rings. The molecule has 15 heavy (non-hydrogen) atoms. The lowest BCUT2D eigenvalue weighted by atomic mass is 9.75. The van der Waals surface area contributed by atoms with Crippen LogP contribution in [0.3, 0.4) is 0 Å². The molecule has 0 N–H and O–H groups in total. The molecule has 0 nitrogen and oxygen atoms in total. The van der Waals surface area contributed by atoms with E-state index in [9.17, 15) is 0 Å². The summed E-state index contributed by atoms with van der Waals surface area (Å²) in [4.78, 5) is 0. The highest BCUT2D eigenvalue weighted by Crippen LogP contribution is 2.38. The highest BCUT2D eigenvalue weighted by atomic mass is 14.3. The van der Waals surface area contributed by atoms with Crippen molar-refractivity contribution in [1.82, 2.24) is 0 Å². The SMILES string of the molecule is C=CCCC(=[C]C)C1=CCCC(C)(C)C1. The first-order valence-corrected chi connectivity index (χ1v) is 5.93. The van der Waals surface area contributed by atoms with Gasteiger partial charge in [0.2, 0.25) is 0 Å². The van der Waals surface area contributed by atoms with E-state index >= 15 is 0 Å². The zero-order chi connectivity index (χ0) is 11.3. The van der Waals surface area contributed by atoms with Crippen molar-refractivity contribution in [2.75, 3.05) is 0 Å². The highest BCUT2D eigenvalue weighted by Gasteiger charge is 2.23. The number of allylic oxidation sites excluding steroid dienone is 5. The van der Waals surface area contributed by atoms with Crippen LogP contribution in [0.5, 0.6) is 0 Å². The molecule has 0 saturated carbocycles. The molecular formula is C15H23. The lowest BCUT2D eigenvalue weighted by Gasteiger charge is -2.30. The molecule has 0 amide bonds. The molecule has 0 bridgehead atoms. The molecule has 0 saturated heterocycles. The van der Waals surface area contributed by atoms with Crippen LogP contribution in [0.25, 0.3) is 0 Å². The molecule has 0 heteroatoms. The summed E-state index contributed by atoms with van der Waals surface area (Å²) >= 11 is 0. The maximum atomic E-state index is 3.78. The minimum absolute atomic E-state index is 0.473. The van der Waals surface area contributed by atoms with Gasteiger partial charge in [-0.3, -0.25) is 0 Å². The molecule has 0 heterocycles. The predicted molar refractivity (Wildman–Crippen MR) is 67.6 cm³/mol. The molecule has 83 valence electrons. The van der Waals surface area contributed by atoms with Gasteiger partial charge in [-0.05, 0) is 61.7 Å². The minimum atomic E-state index is 0.473. The monoisotopic (exact) mass is 203 g/mol. The first-order valence-electron chi connectivity index (χ1n) is 5.93. The Kier molecular flexibility index (Phi) is 4.38. The fraction of sp³-hybridized carbons (Fsp3) is 0.600. The fourth-order valence-electron chi connectivity index (χ4n) is 2.24. The molecule has 0 aromatic carbocycles. The van der Waals surface area contributed by atoms with Crippen LogP contribution < -0.4 is 0 Å². The summed E-state index contributed by atoms with van der Waals surface area (Å²) in [6.45, 7) is 10.5. The van der Waals surface area contributed by atoms with Gasteiger partial charge >= 0.3 is 0 Å². The van der Waals surface area contributed by atoms with Gasteiger partial charge in [-0.1, -0.05) is 26.0 Å². The van der Waals surface area contributed by atoms with Crippen LogP contribution in [0.4, 0.5) is 0 Å². The molecule has 1 rings (SSSR count). The van der Waals surface area contributed by atoms with E-state index in [-0.39, 0.29) is 0 Å². The maximum Gasteiger partial charge on any atom is -0.0227 e. The zero-order valence-electron chi connectivity index (χ0n) is 10.4. The van der Waals surface area contributed by atoms with Crippen LogP contribution in [-0.4, -0.2) is 0 Å². The molecule has 1 aliphatic carbocycles. The summed E-state index contributed by atoms with van der Waals surface area (Å²) in [6, 6.07) is 0. The molecule has 1 aliphatic rings. The van der Waals surface area contributed by atoms with Crippen LogP contribution in [0.2, 0.25) is 0 Å². The second kappa shape index (κ2) is 5.34. The van der Waals surface area contributed by atoms with Gasteiger partial charge < -0.3 is 0 Å². The van der Waals surface area contributed by atoms with E-state index in [2.05, 4.69) is 32.6 Å². The van der Waals surface area contributed by atoms with Crippen LogP contribution in [-0.2, 0) is 0 Å². The van der Waals surface area contributed by atoms with Crippen molar-refractivity contribution < 1.29 is 0 Å². The molecule has 0 unspecified atom stereocenters. The number of rotatable bonds is 4. The van der Waals surface area contributed by atoms with Gasteiger partial charge in [0.1, 0.15) is 0 Å². The summed E-state index contributed by atoms with van der Waals surface area (Å²) in [5.41, 5.74) is 3.40. The van der Waals surface area contributed by atoms with Crippen molar-refractivity contribution in [2.24, 2.45) is 5.41 Å². The second-order valence-corrected chi connectivity index (χ2v) is 5.16. The second-order valence-electron chi connectivity index (χ2n) is 5.16. The summed E-state index contributed by atoms with van der Waals surface area (Å²) < 4.78 is 0. The molecule has 0 aliphatic heterocycles. The van der Waals surface area contributed by atoms with Crippen molar-refractivity contribution in [3.63, 3.8) is 0 Å². The fourth-order valence-corrected chi connectivity index (χ4v) is 2.24. The van der Waals surface area contributed by atoms with Crippen molar-refractivity contribution >= 4 is 0 Å². The Labute approximate surface area is 94.8 Å². The van der Waals surface area contributed by atoms with E-state index in [1.165, 1.54) is 30.4 Å². The number of hydrogen-bond donors (Lipinski definition) is 0. The molecule has 0 fully saturated rings. The molecule has 0 aromatic heterocycles. The van der Waals surface area contributed by atoms with Gasteiger partial charge in [0.05, 0.1) is 0 Å². The van der Waals surface area contributed by atoms with E-state index in [1.807, 2.05) is 13.0 Å². The summed E-state index contributed by atoms with van der Waals surface area (Å²) in [5.74, 6) is 0. The topological polar surface area (TPSA) is 0 Å². The third-order valence-corrected chi connectivity index (χ3v) is 3.17. The number of hydrogen-bond acceptors (Lipinski definition) is 0. The van der Waals surface area contributed by atoms with Gasteiger partial charge in [-0.15, -0.1) is 6.58 Å². The summed E-state index contributed by atoms with van der Waals surface area (Å²) in [7, 11) is 0. The van der Waals surface area contributed by atoms with Gasteiger partial charge in [-0.2, -0.15) is 0 Å². The van der Waals surface area contributed by atoms with E-state index in [0.717, 1.165) is 12.8 Å². The first-order chi connectivity index (χ1) is 7.09. The van der Waals surface area contributed by atoms with E-state index in [4.69, 9.17) is 0 Å². The normalized spacial score (nSPS) is 21.0. The van der Waals surface area contributed by atoms with Crippen molar-refractivity contribution in [3.8, 4) is 0 Å². The smallest absolute Gasteiger partial charge is 0.0227 e. The van der Waals surface area contributed by atoms with Gasteiger partial charge in [0.15, 0.2) is 0 Å². The Bertz CT molecular complexity index is 276. The average Bonchev–Trinajstić information content (AvgIpc) is 2.17. The van der Waals surface area contributed by atoms with Gasteiger partial charge in [0, 0.05) is 0 Å². The van der Waals surface area contributed by atoms with Crippen molar-refractivity contribution in [3.05, 3.63) is 36.0 Å². The van der Waals surface area contributed by atoms with Crippen LogP contribution in [0.15, 0.2) is 29.9 Å². The third kappa shape index (κ3) is 3.70. The summed E-state index contributed by atoms with van der Waals surface area (Å²) in [6.07, 6.45) is 13.6. The van der Waals surface area contributed by atoms with E-state index in [0.29, 0.717) is 5.41 Å². The van der Waals surface area contributed by atoms with E-state index in [1.54, 1.807) is 0 Å². The Morgan fingerprint density at radius 1 is 1.60 bits per heavy atom. The Morgan fingerprint density at radius 2 is 2.33 bits per heavy atom. The largest absolute Gasteiger partial charge is 0.103 e. The van der Waals surface area contributed by atoms with Crippen LogP contribution in [0, 0.1) is 11.5 Å². The lowest BCUT2D eigenvalue weighted by molar-refractivity contribution is 0.321. The van der Waals surface area contributed by atoms with Gasteiger partial charge in [0.25, 0.3) is 0 Å². The molecule has 0 spiro atoms. The Hall–Kier alpha value is -0.780. The standard InChI is InChI=1S/C15H23/c1-5-7-9-13(6-2)14-10-8-11-15(3,4)12-14/h5,10H,1,7-9,11-12H2,2-4H3. The first kappa shape index (κ1) is 12.3. The third-order valence-electron chi connectivity index (χ3n) is 3.17. The molecule has 1 radical (unpaired) electrons. The molecule has 0 atom stereocenters. The zero-order valence-corrected chi connectivity index (χ0v) is 10.4. The maximum absolute atomic E-state index is 3.78. The van der Waals surface area contributed by atoms with Gasteiger partial charge in [-0.25, -0.2) is 0 Å². The molecular weight excluding hydrogens is 180 g/mol. The highest BCUT2D eigenvalue weighted by molar-refractivity contribution is 5.31. The Morgan fingerprint density at radius 3 is 2.87 bits per heavy atom. The van der Waals surface area contributed by atoms with Crippen LogP contribution >= 0.6 is 0 Å². The Balaban J connectivity index is 2.69. The predicted octanol–water partition coefficient (Wildman–Crippen LogP) is 4.84. The summed E-state index contributed by atoms with van der Waals surface area (Å²) in [5, 5.41) is 0.